The second kappa shape index (κ2) is 5.55. The second-order valence-electron chi connectivity index (χ2n) is 4.11. The van der Waals surface area contributed by atoms with Gasteiger partial charge in [0.2, 0.25) is 0 Å². The zero-order valence-corrected chi connectivity index (χ0v) is 10.6. The highest BCUT2D eigenvalue weighted by atomic mass is 35.5. The standard InChI is InChI=1S/C12H14N2.2ClH/c1-2-6-13-12(3-1)11-9-14-7-4-10(11)5-8-14;;/h1-3,6,9-10H,4-5,7-8H2;2*1H. The van der Waals surface area contributed by atoms with Gasteiger partial charge >= 0.3 is 0 Å². The zero-order valence-electron chi connectivity index (χ0n) is 9.00. The number of rotatable bonds is 1. The number of pyridine rings is 1. The van der Waals surface area contributed by atoms with Crippen molar-refractivity contribution in [3.63, 3.8) is 0 Å². The molecule has 1 saturated heterocycles. The zero-order chi connectivity index (χ0) is 9.38. The fourth-order valence-electron chi connectivity index (χ4n) is 2.45. The van der Waals surface area contributed by atoms with E-state index in [-0.39, 0.29) is 24.8 Å². The fourth-order valence-corrected chi connectivity index (χ4v) is 2.45. The summed E-state index contributed by atoms with van der Waals surface area (Å²) in [5, 5.41) is 0. The molecule has 0 radical (unpaired) electrons. The van der Waals surface area contributed by atoms with Crippen molar-refractivity contribution < 1.29 is 0 Å². The lowest BCUT2D eigenvalue weighted by molar-refractivity contribution is 0.252. The minimum atomic E-state index is 0. The van der Waals surface area contributed by atoms with Gasteiger partial charge in [0, 0.05) is 25.5 Å². The average Bonchev–Trinajstić information content (AvgIpc) is 2.32. The van der Waals surface area contributed by atoms with Gasteiger partial charge in [-0.2, -0.15) is 0 Å². The van der Waals surface area contributed by atoms with Crippen molar-refractivity contribution in [1.29, 1.82) is 0 Å². The summed E-state index contributed by atoms with van der Waals surface area (Å²) in [6, 6.07) is 6.17. The van der Waals surface area contributed by atoms with E-state index in [2.05, 4.69) is 28.2 Å². The molecule has 0 spiro atoms. The van der Waals surface area contributed by atoms with Crippen LogP contribution in [0.3, 0.4) is 0 Å². The van der Waals surface area contributed by atoms with Crippen LogP contribution in [-0.4, -0.2) is 23.0 Å². The molecule has 0 unspecified atom stereocenters. The number of halogens is 2. The van der Waals surface area contributed by atoms with Gasteiger partial charge in [0.15, 0.2) is 0 Å². The van der Waals surface area contributed by atoms with E-state index in [1.54, 1.807) is 0 Å². The Morgan fingerprint density at radius 1 is 1.12 bits per heavy atom. The highest BCUT2D eigenvalue weighted by Crippen LogP contribution is 2.36. The Hall–Kier alpha value is -0.730. The summed E-state index contributed by atoms with van der Waals surface area (Å²) in [5.74, 6) is 0.759. The van der Waals surface area contributed by atoms with Crippen molar-refractivity contribution in [2.24, 2.45) is 5.92 Å². The molecule has 1 aromatic rings. The van der Waals surface area contributed by atoms with Crippen LogP contribution in [0, 0.1) is 5.92 Å². The van der Waals surface area contributed by atoms with Gasteiger partial charge in [0.25, 0.3) is 0 Å². The molecule has 88 valence electrons. The molecule has 16 heavy (non-hydrogen) atoms. The maximum Gasteiger partial charge on any atom is 0.0678 e. The van der Waals surface area contributed by atoms with Gasteiger partial charge in [-0.3, -0.25) is 4.98 Å². The lowest BCUT2D eigenvalue weighted by Gasteiger charge is -2.38. The van der Waals surface area contributed by atoms with Gasteiger partial charge in [-0.15, -0.1) is 24.8 Å². The minimum absolute atomic E-state index is 0. The van der Waals surface area contributed by atoms with E-state index in [4.69, 9.17) is 0 Å². The Bertz CT molecular complexity index is 357. The van der Waals surface area contributed by atoms with Crippen molar-refractivity contribution in [1.82, 2.24) is 9.88 Å². The Labute approximate surface area is 109 Å². The van der Waals surface area contributed by atoms with Crippen LogP contribution in [0.1, 0.15) is 18.5 Å². The summed E-state index contributed by atoms with van der Waals surface area (Å²) in [7, 11) is 0. The minimum Gasteiger partial charge on any atom is -0.377 e. The number of hydrogen-bond acceptors (Lipinski definition) is 2. The van der Waals surface area contributed by atoms with Crippen molar-refractivity contribution in [2.75, 3.05) is 13.1 Å². The third-order valence-electron chi connectivity index (χ3n) is 3.25. The largest absolute Gasteiger partial charge is 0.377 e. The summed E-state index contributed by atoms with van der Waals surface area (Å²) in [6.07, 6.45) is 6.80. The Kier molecular flexibility index (Phi) is 4.63. The van der Waals surface area contributed by atoms with Crippen molar-refractivity contribution in [3.8, 4) is 0 Å². The van der Waals surface area contributed by atoms with Gasteiger partial charge < -0.3 is 4.90 Å². The van der Waals surface area contributed by atoms with E-state index in [0.29, 0.717) is 0 Å². The fraction of sp³-hybridized carbons (Fsp3) is 0.417. The van der Waals surface area contributed by atoms with Gasteiger partial charge in [0.05, 0.1) is 5.69 Å². The average molecular weight is 259 g/mol. The predicted octanol–water partition coefficient (Wildman–Crippen LogP) is 2.99. The van der Waals surface area contributed by atoms with Crippen LogP contribution in [0.4, 0.5) is 0 Å². The summed E-state index contributed by atoms with van der Waals surface area (Å²) in [6.45, 7) is 2.47. The number of nitrogens with zero attached hydrogens (tertiary/aromatic N) is 2. The first-order valence-corrected chi connectivity index (χ1v) is 5.30. The van der Waals surface area contributed by atoms with Gasteiger partial charge in [-0.05, 0) is 36.5 Å². The molecule has 2 nitrogen and oxygen atoms in total. The number of hydrogen-bond donors (Lipinski definition) is 0. The van der Waals surface area contributed by atoms with E-state index in [1.165, 1.54) is 37.2 Å². The lowest BCUT2D eigenvalue weighted by Crippen LogP contribution is -2.35. The third-order valence-corrected chi connectivity index (χ3v) is 3.25. The van der Waals surface area contributed by atoms with Crippen molar-refractivity contribution in [3.05, 3.63) is 36.3 Å². The van der Waals surface area contributed by atoms with Crippen LogP contribution in [0.5, 0.6) is 0 Å². The van der Waals surface area contributed by atoms with E-state index in [0.717, 1.165) is 5.92 Å². The summed E-state index contributed by atoms with van der Waals surface area (Å²) < 4.78 is 0. The molecule has 0 aromatic carbocycles. The Morgan fingerprint density at radius 2 is 1.88 bits per heavy atom. The van der Waals surface area contributed by atoms with Crippen LogP contribution >= 0.6 is 24.8 Å². The first kappa shape index (κ1) is 13.3. The SMILES string of the molecule is C1=C(c2ccccn2)C2CCN1CC2.Cl.Cl. The molecule has 3 aliphatic heterocycles. The number of piperidine rings is 1. The maximum absolute atomic E-state index is 4.43. The molecule has 4 heterocycles. The lowest BCUT2D eigenvalue weighted by atomic mass is 9.84. The van der Waals surface area contributed by atoms with Crippen molar-refractivity contribution in [2.45, 2.75) is 12.8 Å². The number of fused-ring (bicyclic) bond motifs is 2. The van der Waals surface area contributed by atoms with Gasteiger partial charge in [0.1, 0.15) is 0 Å². The van der Waals surface area contributed by atoms with Gasteiger partial charge in [-0.1, -0.05) is 6.07 Å². The smallest absolute Gasteiger partial charge is 0.0678 e. The summed E-state index contributed by atoms with van der Waals surface area (Å²) in [4.78, 5) is 6.85. The molecule has 4 rings (SSSR count). The van der Waals surface area contributed by atoms with Crippen LogP contribution in [0.25, 0.3) is 5.57 Å². The summed E-state index contributed by atoms with van der Waals surface area (Å²) in [5.41, 5.74) is 2.62. The van der Waals surface area contributed by atoms with Gasteiger partial charge in [-0.25, -0.2) is 0 Å². The van der Waals surface area contributed by atoms with E-state index >= 15 is 0 Å². The molecule has 4 heteroatoms. The molecule has 2 bridgehead atoms. The molecule has 3 aliphatic rings. The van der Waals surface area contributed by atoms with Crippen molar-refractivity contribution >= 4 is 30.4 Å². The van der Waals surface area contributed by atoms with E-state index in [1.807, 2.05) is 12.3 Å². The molecule has 0 atom stereocenters. The Morgan fingerprint density at radius 3 is 2.38 bits per heavy atom. The molecule has 0 N–H and O–H groups in total. The first-order chi connectivity index (χ1) is 6.93. The maximum atomic E-state index is 4.43. The van der Waals surface area contributed by atoms with E-state index < -0.39 is 0 Å². The Balaban J connectivity index is 0.000000640. The van der Waals surface area contributed by atoms with E-state index in [9.17, 15) is 0 Å². The molecule has 0 amide bonds. The molecule has 1 aromatic heterocycles. The monoisotopic (exact) mass is 258 g/mol. The molecule has 1 fully saturated rings. The first-order valence-electron chi connectivity index (χ1n) is 5.30. The molecule has 0 saturated carbocycles. The van der Waals surface area contributed by atoms with Crippen LogP contribution in [-0.2, 0) is 0 Å². The van der Waals surface area contributed by atoms with Crippen LogP contribution in [0.15, 0.2) is 30.6 Å². The second-order valence-corrected chi connectivity index (χ2v) is 4.11. The normalized spacial score (nSPS) is 18.5. The van der Waals surface area contributed by atoms with Crippen LogP contribution < -0.4 is 0 Å². The summed E-state index contributed by atoms with van der Waals surface area (Å²) >= 11 is 0. The molecular formula is C12H16Cl2N2. The molecular weight excluding hydrogens is 243 g/mol. The number of allylic oxidation sites excluding steroid dienone is 1. The molecule has 0 aliphatic carbocycles. The van der Waals surface area contributed by atoms with Crippen LogP contribution in [0.2, 0.25) is 0 Å². The topological polar surface area (TPSA) is 16.1 Å². The number of aromatic nitrogens is 1. The third kappa shape index (κ3) is 2.33. The highest BCUT2D eigenvalue weighted by molar-refractivity contribution is 5.85. The predicted molar refractivity (Wildman–Crippen MR) is 71.0 cm³/mol. The quantitative estimate of drug-likeness (QED) is 0.770. The highest BCUT2D eigenvalue weighted by Gasteiger charge is 2.27.